The van der Waals surface area contributed by atoms with Crippen molar-refractivity contribution in [2.75, 3.05) is 0 Å². The number of hydrogen-bond donors (Lipinski definition) is 2. The maximum atomic E-state index is 10.1. The number of nitrogens with zero attached hydrogens (tertiary/aromatic N) is 1. The zero-order valence-corrected chi connectivity index (χ0v) is 12.0. The van der Waals surface area contributed by atoms with Gasteiger partial charge < -0.3 is 10.4 Å². The number of benzene rings is 2. The number of hydrogen-bond acceptors (Lipinski definition) is 3. The first kappa shape index (κ1) is 13.6. The second-order valence-electron chi connectivity index (χ2n) is 5.17. The highest BCUT2D eigenvalue weighted by atomic mass is 16.3. The Morgan fingerprint density at radius 1 is 1.10 bits per heavy atom. The fourth-order valence-corrected chi connectivity index (χ4v) is 2.52. The van der Waals surface area contributed by atoms with Gasteiger partial charge in [-0.1, -0.05) is 36.4 Å². The Morgan fingerprint density at radius 3 is 2.76 bits per heavy atom. The van der Waals surface area contributed by atoms with Gasteiger partial charge in [0.15, 0.2) is 0 Å². The van der Waals surface area contributed by atoms with Gasteiger partial charge in [0, 0.05) is 30.5 Å². The molecule has 0 amide bonds. The lowest BCUT2D eigenvalue weighted by molar-refractivity contribution is 0.462. The van der Waals surface area contributed by atoms with Crippen LogP contribution in [0.3, 0.4) is 0 Å². The molecule has 0 aliphatic rings. The molecule has 0 radical (unpaired) electrons. The molecule has 0 bridgehead atoms. The summed E-state index contributed by atoms with van der Waals surface area (Å²) in [5, 5.41) is 15.8. The number of rotatable bonds is 4. The Kier molecular flexibility index (Phi) is 3.84. The molecule has 2 N–H and O–H groups in total. The fraction of sp³-hybridized carbons (Fsp3) is 0.167. The van der Waals surface area contributed by atoms with Crippen LogP contribution in [-0.2, 0) is 6.54 Å². The summed E-state index contributed by atoms with van der Waals surface area (Å²) in [5.74, 6) is 0.333. The van der Waals surface area contributed by atoms with Crippen LogP contribution < -0.4 is 5.32 Å². The van der Waals surface area contributed by atoms with Crippen LogP contribution >= 0.6 is 0 Å². The number of aromatic hydroxyl groups is 1. The highest BCUT2D eigenvalue weighted by molar-refractivity contribution is 5.87. The second kappa shape index (κ2) is 5.94. The molecule has 21 heavy (non-hydrogen) atoms. The zero-order chi connectivity index (χ0) is 14.7. The number of fused-ring (bicyclic) bond motifs is 1. The Balaban J connectivity index is 1.84. The molecule has 106 valence electrons. The third-order valence-corrected chi connectivity index (χ3v) is 3.79. The molecule has 0 aliphatic heterocycles. The van der Waals surface area contributed by atoms with Gasteiger partial charge in [-0.3, -0.25) is 4.98 Å². The van der Waals surface area contributed by atoms with E-state index in [1.807, 2.05) is 42.6 Å². The summed E-state index contributed by atoms with van der Waals surface area (Å²) in [6, 6.07) is 16.0. The standard InChI is InChI=1S/C18H18N2O/c1-13(15-6-4-10-19-11-15)20-12-17-16-7-3-2-5-14(16)8-9-18(17)21/h2-11,13,20-21H,12H2,1H3. The number of phenolic OH excluding ortho intramolecular Hbond substituents is 1. The summed E-state index contributed by atoms with van der Waals surface area (Å²) < 4.78 is 0. The fourth-order valence-electron chi connectivity index (χ4n) is 2.52. The molecule has 0 saturated heterocycles. The first-order valence-corrected chi connectivity index (χ1v) is 7.08. The lowest BCUT2D eigenvalue weighted by atomic mass is 10.0. The number of aromatic nitrogens is 1. The summed E-state index contributed by atoms with van der Waals surface area (Å²) in [4.78, 5) is 4.14. The highest BCUT2D eigenvalue weighted by Crippen LogP contribution is 2.27. The molecule has 3 rings (SSSR count). The minimum Gasteiger partial charge on any atom is -0.508 e. The van der Waals surface area contributed by atoms with Crippen LogP contribution in [0, 0.1) is 0 Å². The number of pyridine rings is 1. The molecule has 1 heterocycles. The number of nitrogens with one attached hydrogen (secondary N) is 1. The normalized spacial score (nSPS) is 12.4. The van der Waals surface area contributed by atoms with Crippen molar-refractivity contribution < 1.29 is 5.11 Å². The van der Waals surface area contributed by atoms with E-state index < -0.39 is 0 Å². The van der Waals surface area contributed by atoms with E-state index in [0.29, 0.717) is 12.3 Å². The van der Waals surface area contributed by atoms with Crippen LogP contribution in [0.4, 0.5) is 0 Å². The van der Waals surface area contributed by atoms with Crippen molar-refractivity contribution >= 4 is 10.8 Å². The lowest BCUT2D eigenvalue weighted by Crippen LogP contribution is -2.18. The van der Waals surface area contributed by atoms with Gasteiger partial charge in [-0.2, -0.15) is 0 Å². The zero-order valence-electron chi connectivity index (χ0n) is 12.0. The van der Waals surface area contributed by atoms with Crippen LogP contribution in [0.15, 0.2) is 60.9 Å². The Bertz CT molecular complexity index is 741. The maximum absolute atomic E-state index is 10.1. The highest BCUT2D eigenvalue weighted by Gasteiger charge is 2.09. The summed E-state index contributed by atoms with van der Waals surface area (Å²) in [7, 11) is 0. The molecule has 0 spiro atoms. The summed E-state index contributed by atoms with van der Waals surface area (Å²) in [5.41, 5.74) is 2.07. The van der Waals surface area contributed by atoms with Gasteiger partial charge in [0.2, 0.25) is 0 Å². The largest absolute Gasteiger partial charge is 0.508 e. The van der Waals surface area contributed by atoms with E-state index in [4.69, 9.17) is 0 Å². The molecule has 0 fully saturated rings. The van der Waals surface area contributed by atoms with Crippen molar-refractivity contribution in [3.05, 3.63) is 72.1 Å². The molecular weight excluding hydrogens is 260 g/mol. The monoisotopic (exact) mass is 278 g/mol. The van der Waals surface area contributed by atoms with E-state index in [1.165, 1.54) is 0 Å². The Morgan fingerprint density at radius 2 is 1.95 bits per heavy atom. The Hall–Kier alpha value is -2.39. The van der Waals surface area contributed by atoms with Gasteiger partial charge in [0.1, 0.15) is 5.75 Å². The van der Waals surface area contributed by atoms with Crippen molar-refractivity contribution in [1.29, 1.82) is 0 Å². The third-order valence-electron chi connectivity index (χ3n) is 3.79. The van der Waals surface area contributed by atoms with E-state index >= 15 is 0 Å². The molecule has 1 unspecified atom stereocenters. The number of phenols is 1. The Labute approximate surface area is 124 Å². The van der Waals surface area contributed by atoms with Crippen LogP contribution in [0.25, 0.3) is 10.8 Å². The van der Waals surface area contributed by atoms with Crippen LogP contribution in [0.1, 0.15) is 24.1 Å². The van der Waals surface area contributed by atoms with Crippen molar-refractivity contribution in [1.82, 2.24) is 10.3 Å². The van der Waals surface area contributed by atoms with E-state index in [-0.39, 0.29) is 6.04 Å². The molecule has 0 aliphatic carbocycles. The lowest BCUT2D eigenvalue weighted by Gasteiger charge is -2.16. The van der Waals surface area contributed by atoms with E-state index in [1.54, 1.807) is 12.3 Å². The minimum absolute atomic E-state index is 0.178. The van der Waals surface area contributed by atoms with Gasteiger partial charge in [-0.25, -0.2) is 0 Å². The first-order chi connectivity index (χ1) is 10.3. The van der Waals surface area contributed by atoms with E-state index in [0.717, 1.165) is 21.9 Å². The SMILES string of the molecule is CC(NCc1c(O)ccc2ccccc12)c1cccnc1. The molecule has 1 aromatic heterocycles. The van der Waals surface area contributed by atoms with Gasteiger partial charge in [0.25, 0.3) is 0 Å². The van der Waals surface area contributed by atoms with Gasteiger partial charge in [0.05, 0.1) is 0 Å². The van der Waals surface area contributed by atoms with E-state index in [2.05, 4.69) is 23.3 Å². The van der Waals surface area contributed by atoms with Crippen molar-refractivity contribution in [3.8, 4) is 5.75 Å². The second-order valence-corrected chi connectivity index (χ2v) is 5.17. The molecular formula is C18H18N2O. The quantitative estimate of drug-likeness (QED) is 0.763. The summed E-state index contributed by atoms with van der Waals surface area (Å²) >= 11 is 0. The molecule has 2 aromatic carbocycles. The molecule has 3 aromatic rings. The average Bonchev–Trinajstić information content (AvgIpc) is 2.54. The van der Waals surface area contributed by atoms with Crippen molar-refractivity contribution in [2.24, 2.45) is 0 Å². The van der Waals surface area contributed by atoms with Crippen molar-refractivity contribution in [2.45, 2.75) is 19.5 Å². The minimum atomic E-state index is 0.178. The van der Waals surface area contributed by atoms with Crippen molar-refractivity contribution in [3.63, 3.8) is 0 Å². The molecule has 3 nitrogen and oxygen atoms in total. The maximum Gasteiger partial charge on any atom is 0.120 e. The average molecular weight is 278 g/mol. The predicted octanol–water partition coefficient (Wildman–Crippen LogP) is 3.79. The van der Waals surface area contributed by atoms with Crippen LogP contribution in [0.2, 0.25) is 0 Å². The van der Waals surface area contributed by atoms with Crippen LogP contribution in [0.5, 0.6) is 5.75 Å². The van der Waals surface area contributed by atoms with E-state index in [9.17, 15) is 5.11 Å². The smallest absolute Gasteiger partial charge is 0.120 e. The molecule has 3 heteroatoms. The molecule has 0 saturated carbocycles. The van der Waals surface area contributed by atoms with Gasteiger partial charge in [-0.15, -0.1) is 0 Å². The summed E-state index contributed by atoms with van der Waals surface area (Å²) in [6.45, 7) is 2.71. The van der Waals surface area contributed by atoms with Crippen LogP contribution in [-0.4, -0.2) is 10.1 Å². The third kappa shape index (κ3) is 2.88. The predicted molar refractivity (Wildman–Crippen MR) is 85.1 cm³/mol. The van der Waals surface area contributed by atoms with Gasteiger partial charge >= 0.3 is 0 Å². The first-order valence-electron chi connectivity index (χ1n) is 7.08. The molecule has 1 atom stereocenters. The topological polar surface area (TPSA) is 45.1 Å². The van der Waals surface area contributed by atoms with Gasteiger partial charge in [-0.05, 0) is 35.4 Å². The summed E-state index contributed by atoms with van der Waals surface area (Å²) in [6.07, 6.45) is 3.63.